The second-order valence-electron chi connectivity index (χ2n) is 5.88. The molecule has 146 valence electrons. The molecule has 28 heavy (non-hydrogen) atoms. The Bertz CT molecular complexity index is 1000. The average molecular weight is 384 g/mol. The van der Waals surface area contributed by atoms with Crippen molar-refractivity contribution < 1.29 is 27.8 Å². The van der Waals surface area contributed by atoms with E-state index in [1.165, 1.54) is 6.08 Å². The Kier molecular flexibility index (Phi) is 5.78. The smallest absolute Gasteiger partial charge is 0.331 e. The fourth-order valence-electron chi connectivity index (χ4n) is 2.56. The molecule has 3 aromatic rings. The van der Waals surface area contributed by atoms with Crippen molar-refractivity contribution in [2.24, 2.45) is 0 Å². The number of ether oxygens (including phenoxy) is 3. The highest BCUT2D eigenvalue weighted by Crippen LogP contribution is 2.26. The molecule has 0 aliphatic rings. The second-order valence-corrected chi connectivity index (χ2v) is 5.88. The summed E-state index contributed by atoms with van der Waals surface area (Å²) in [5.74, 6) is 2.63. The number of carbonyl (C=O) groups is 1. The Morgan fingerprint density at radius 1 is 1.11 bits per heavy atom. The van der Waals surface area contributed by atoms with E-state index >= 15 is 0 Å². The summed E-state index contributed by atoms with van der Waals surface area (Å²) in [7, 11) is 3.11. The van der Waals surface area contributed by atoms with Gasteiger partial charge in [0.2, 0.25) is 0 Å². The van der Waals surface area contributed by atoms with E-state index in [-0.39, 0.29) is 12.5 Å². The number of furan rings is 1. The molecule has 8 nitrogen and oxygen atoms in total. The van der Waals surface area contributed by atoms with Gasteiger partial charge in [-0.15, -0.1) is 10.2 Å². The minimum absolute atomic E-state index is 0.133. The quantitative estimate of drug-likeness (QED) is 0.449. The first-order valence-electron chi connectivity index (χ1n) is 8.46. The summed E-state index contributed by atoms with van der Waals surface area (Å²) in [4.78, 5) is 12.0. The maximum Gasteiger partial charge on any atom is 0.331 e. The molecule has 0 N–H and O–H groups in total. The van der Waals surface area contributed by atoms with Crippen molar-refractivity contribution >= 4 is 12.0 Å². The van der Waals surface area contributed by atoms with Gasteiger partial charge in [-0.25, -0.2) is 4.79 Å². The number of aromatic nitrogens is 2. The van der Waals surface area contributed by atoms with Crippen molar-refractivity contribution in [2.75, 3.05) is 14.2 Å². The predicted molar refractivity (Wildman–Crippen MR) is 99.9 cm³/mol. The lowest BCUT2D eigenvalue weighted by Crippen LogP contribution is -2.01. The van der Waals surface area contributed by atoms with Crippen LogP contribution in [0.5, 0.6) is 11.5 Å². The monoisotopic (exact) mass is 384 g/mol. The van der Waals surface area contributed by atoms with Gasteiger partial charge in [0.15, 0.2) is 6.61 Å². The number of aryl methyl sites for hydroxylation is 2. The van der Waals surface area contributed by atoms with E-state index in [1.54, 1.807) is 38.5 Å². The third-order valence-corrected chi connectivity index (χ3v) is 3.92. The van der Waals surface area contributed by atoms with Crippen molar-refractivity contribution in [1.29, 1.82) is 0 Å². The van der Waals surface area contributed by atoms with E-state index < -0.39 is 5.97 Å². The number of rotatable bonds is 7. The summed E-state index contributed by atoms with van der Waals surface area (Å²) < 4.78 is 26.5. The number of methoxy groups -OCH3 is 2. The van der Waals surface area contributed by atoms with Gasteiger partial charge in [-0.1, -0.05) is 0 Å². The van der Waals surface area contributed by atoms with Crippen LogP contribution in [-0.4, -0.2) is 30.4 Å². The summed E-state index contributed by atoms with van der Waals surface area (Å²) >= 11 is 0. The number of carbonyl (C=O) groups excluding carboxylic acids is 1. The summed E-state index contributed by atoms with van der Waals surface area (Å²) in [5.41, 5.74) is 1.43. The molecule has 0 fully saturated rings. The van der Waals surface area contributed by atoms with Gasteiger partial charge in [-0.05, 0) is 38.1 Å². The van der Waals surface area contributed by atoms with Crippen LogP contribution in [0.2, 0.25) is 0 Å². The number of benzene rings is 1. The third-order valence-electron chi connectivity index (χ3n) is 3.92. The number of hydrogen-bond donors (Lipinski definition) is 0. The van der Waals surface area contributed by atoms with Gasteiger partial charge >= 0.3 is 5.97 Å². The largest absolute Gasteiger partial charge is 0.497 e. The summed E-state index contributed by atoms with van der Waals surface area (Å²) in [6.07, 6.45) is 2.89. The van der Waals surface area contributed by atoms with E-state index in [0.717, 1.165) is 5.76 Å². The Hall–Kier alpha value is -3.55. The van der Waals surface area contributed by atoms with Crippen LogP contribution >= 0.6 is 0 Å². The molecule has 0 bridgehead atoms. The Morgan fingerprint density at radius 2 is 1.93 bits per heavy atom. The van der Waals surface area contributed by atoms with Crippen LogP contribution in [0.25, 0.3) is 17.5 Å². The Labute approximate surface area is 161 Å². The molecule has 0 saturated heterocycles. The lowest BCUT2D eigenvalue weighted by molar-refractivity contribution is -0.139. The fraction of sp³-hybridized carbons (Fsp3) is 0.250. The topological polar surface area (TPSA) is 96.8 Å². The highest BCUT2D eigenvalue weighted by molar-refractivity contribution is 5.87. The van der Waals surface area contributed by atoms with Gasteiger partial charge in [0.25, 0.3) is 11.8 Å². The lowest BCUT2D eigenvalue weighted by atomic mass is 10.2. The molecule has 2 aromatic heterocycles. The molecule has 0 aliphatic carbocycles. The molecule has 8 heteroatoms. The first-order valence-corrected chi connectivity index (χ1v) is 8.46. The van der Waals surface area contributed by atoms with Crippen LogP contribution in [0.4, 0.5) is 0 Å². The molecule has 0 spiro atoms. The minimum Gasteiger partial charge on any atom is -0.497 e. The molecule has 0 saturated carbocycles. The molecular weight excluding hydrogens is 364 g/mol. The van der Waals surface area contributed by atoms with Crippen molar-refractivity contribution in [2.45, 2.75) is 20.5 Å². The molecule has 0 atom stereocenters. The van der Waals surface area contributed by atoms with Crippen LogP contribution in [0, 0.1) is 13.8 Å². The molecule has 2 heterocycles. The van der Waals surface area contributed by atoms with Crippen LogP contribution < -0.4 is 9.47 Å². The zero-order valence-electron chi connectivity index (χ0n) is 16.0. The molecule has 1 aromatic carbocycles. The van der Waals surface area contributed by atoms with Crippen LogP contribution in [0.3, 0.4) is 0 Å². The van der Waals surface area contributed by atoms with Crippen molar-refractivity contribution in [3.05, 3.63) is 53.3 Å². The molecule has 0 aliphatic heterocycles. The van der Waals surface area contributed by atoms with E-state index in [9.17, 15) is 4.79 Å². The Morgan fingerprint density at radius 3 is 2.61 bits per heavy atom. The van der Waals surface area contributed by atoms with Crippen molar-refractivity contribution in [1.82, 2.24) is 10.2 Å². The molecule has 0 unspecified atom stereocenters. The first-order chi connectivity index (χ1) is 13.5. The van der Waals surface area contributed by atoms with E-state index in [0.29, 0.717) is 34.3 Å². The van der Waals surface area contributed by atoms with Crippen LogP contribution in [-0.2, 0) is 16.1 Å². The SMILES string of the molecule is COc1ccc(/C=C/C(=O)OCc2nnc(-c3cc(C)oc3C)o2)c(OC)c1. The molecular formula is C20H20N2O6. The summed E-state index contributed by atoms with van der Waals surface area (Å²) in [6, 6.07) is 7.09. The van der Waals surface area contributed by atoms with Gasteiger partial charge in [-0.3, -0.25) is 0 Å². The normalized spacial score (nSPS) is 11.0. The standard InChI is InChI=1S/C20H20N2O6/c1-12-9-16(13(2)27-12)20-22-21-18(28-20)11-26-19(23)8-6-14-5-7-15(24-3)10-17(14)25-4/h5-10H,11H2,1-4H3/b8-6+. The Balaban J connectivity index is 1.60. The van der Waals surface area contributed by atoms with E-state index in [2.05, 4.69) is 10.2 Å². The summed E-state index contributed by atoms with van der Waals surface area (Å²) in [5, 5.41) is 7.84. The lowest BCUT2D eigenvalue weighted by Gasteiger charge is -2.07. The van der Waals surface area contributed by atoms with E-state index in [4.69, 9.17) is 23.0 Å². The van der Waals surface area contributed by atoms with Gasteiger partial charge in [-0.2, -0.15) is 0 Å². The zero-order chi connectivity index (χ0) is 20.1. The number of hydrogen-bond acceptors (Lipinski definition) is 8. The summed E-state index contributed by atoms with van der Waals surface area (Å²) in [6.45, 7) is 3.51. The fourth-order valence-corrected chi connectivity index (χ4v) is 2.56. The van der Waals surface area contributed by atoms with Gasteiger partial charge in [0, 0.05) is 17.7 Å². The highest BCUT2D eigenvalue weighted by atomic mass is 16.5. The average Bonchev–Trinajstić information content (AvgIpc) is 3.30. The highest BCUT2D eigenvalue weighted by Gasteiger charge is 2.15. The predicted octanol–water partition coefficient (Wildman–Crippen LogP) is 3.72. The molecule has 0 amide bonds. The van der Waals surface area contributed by atoms with Gasteiger partial charge in [0.1, 0.15) is 23.0 Å². The van der Waals surface area contributed by atoms with E-state index in [1.807, 2.05) is 19.9 Å². The number of esters is 1. The molecule has 0 radical (unpaired) electrons. The number of nitrogens with zero attached hydrogens (tertiary/aromatic N) is 2. The van der Waals surface area contributed by atoms with Gasteiger partial charge in [0.05, 0.1) is 19.8 Å². The van der Waals surface area contributed by atoms with Crippen molar-refractivity contribution in [3.8, 4) is 23.0 Å². The molecule has 3 rings (SSSR count). The third kappa shape index (κ3) is 4.40. The zero-order valence-corrected chi connectivity index (χ0v) is 16.0. The first kappa shape index (κ1) is 19.2. The maximum absolute atomic E-state index is 12.0. The maximum atomic E-state index is 12.0. The van der Waals surface area contributed by atoms with Crippen LogP contribution in [0.1, 0.15) is 23.0 Å². The van der Waals surface area contributed by atoms with Gasteiger partial charge < -0.3 is 23.0 Å². The van der Waals surface area contributed by atoms with Crippen molar-refractivity contribution in [3.63, 3.8) is 0 Å². The minimum atomic E-state index is -0.548. The second kappa shape index (κ2) is 8.43. The van der Waals surface area contributed by atoms with Crippen LogP contribution in [0.15, 0.2) is 39.2 Å².